The van der Waals surface area contributed by atoms with E-state index in [-0.39, 0.29) is 18.0 Å². The van der Waals surface area contributed by atoms with Crippen molar-refractivity contribution in [3.8, 4) is 0 Å². The minimum Gasteiger partial charge on any atom is -0.460 e. The van der Waals surface area contributed by atoms with Gasteiger partial charge in [0.15, 0.2) is 6.10 Å². The number of piperidine rings is 1. The summed E-state index contributed by atoms with van der Waals surface area (Å²) in [7, 11) is 2.16. The Balaban J connectivity index is 1.47. The molecule has 2 bridgehead atoms. The number of thiophene rings is 1. The molecule has 0 amide bonds. The molecule has 144 valence electrons. The highest BCUT2D eigenvalue weighted by Gasteiger charge is 2.43. The molecule has 2 aliphatic carbocycles. The molecular formula is C21H31NO3S. The van der Waals surface area contributed by atoms with Crippen LogP contribution in [0.4, 0.5) is 0 Å². The Morgan fingerprint density at radius 3 is 2.50 bits per heavy atom. The molecule has 2 heterocycles. The number of hydrogen-bond acceptors (Lipinski definition) is 5. The maximum atomic E-state index is 12.9. The van der Waals surface area contributed by atoms with Crippen LogP contribution in [0.5, 0.6) is 0 Å². The fourth-order valence-corrected chi connectivity index (χ4v) is 6.56. The zero-order chi connectivity index (χ0) is 18.1. The highest BCUT2D eigenvalue weighted by molar-refractivity contribution is 7.10. The number of ether oxygens (including phenoxy) is 1. The Morgan fingerprint density at radius 1 is 1.19 bits per heavy atom. The Kier molecular flexibility index (Phi) is 5.67. The van der Waals surface area contributed by atoms with Gasteiger partial charge in [0.25, 0.3) is 0 Å². The molecule has 4 rings (SSSR count). The molecule has 2 saturated carbocycles. The summed E-state index contributed by atoms with van der Waals surface area (Å²) in [6, 6.07) is 4.08. The third kappa shape index (κ3) is 3.71. The Bertz CT molecular complexity index is 584. The monoisotopic (exact) mass is 377 g/mol. The number of likely N-dealkylation sites (tertiary alicyclic amines) is 1. The molecule has 1 aliphatic heterocycles. The van der Waals surface area contributed by atoms with Crippen LogP contribution in [-0.4, -0.2) is 48.3 Å². The van der Waals surface area contributed by atoms with Crippen LogP contribution in [0, 0.1) is 17.8 Å². The van der Waals surface area contributed by atoms with E-state index in [0.717, 1.165) is 43.6 Å². The van der Waals surface area contributed by atoms with Gasteiger partial charge in [0.2, 0.25) is 0 Å². The molecule has 0 spiro atoms. The lowest BCUT2D eigenvalue weighted by Crippen LogP contribution is -2.52. The van der Waals surface area contributed by atoms with E-state index in [1.807, 2.05) is 11.4 Å². The molecular weight excluding hydrogens is 346 g/mol. The van der Waals surface area contributed by atoms with Gasteiger partial charge in [0, 0.05) is 35.7 Å². The first-order chi connectivity index (χ1) is 12.6. The second-order valence-electron chi connectivity index (χ2n) is 8.60. The number of fused-ring (bicyclic) bond motifs is 2. The molecule has 0 radical (unpaired) electrons. The molecule has 1 aromatic heterocycles. The number of carbonyl (C=O) groups excluding carboxylic acids is 1. The van der Waals surface area contributed by atoms with E-state index >= 15 is 0 Å². The van der Waals surface area contributed by atoms with Crippen molar-refractivity contribution in [3.63, 3.8) is 0 Å². The number of esters is 1. The van der Waals surface area contributed by atoms with Crippen LogP contribution in [-0.2, 0) is 9.53 Å². The smallest absolute Gasteiger partial charge is 0.335 e. The first-order valence-corrected chi connectivity index (χ1v) is 11.1. The first kappa shape index (κ1) is 18.5. The molecule has 4 nitrogen and oxygen atoms in total. The van der Waals surface area contributed by atoms with Gasteiger partial charge in [0.05, 0.1) is 0 Å². The highest BCUT2D eigenvalue weighted by Crippen LogP contribution is 2.42. The van der Waals surface area contributed by atoms with Gasteiger partial charge >= 0.3 is 5.97 Å². The topological polar surface area (TPSA) is 49.8 Å². The highest BCUT2D eigenvalue weighted by atomic mass is 32.1. The summed E-state index contributed by atoms with van der Waals surface area (Å²) in [5.74, 6) is 0.761. The van der Waals surface area contributed by atoms with Gasteiger partial charge in [-0.05, 0) is 50.1 Å². The van der Waals surface area contributed by atoms with Crippen LogP contribution in [0.2, 0.25) is 0 Å². The van der Waals surface area contributed by atoms with Crippen LogP contribution in [0.25, 0.3) is 0 Å². The number of hydrogen-bond donors (Lipinski definition) is 1. The lowest BCUT2D eigenvalue weighted by atomic mass is 9.75. The van der Waals surface area contributed by atoms with E-state index in [4.69, 9.17) is 4.74 Å². The van der Waals surface area contributed by atoms with Gasteiger partial charge < -0.3 is 14.7 Å². The predicted molar refractivity (Wildman–Crippen MR) is 103 cm³/mol. The average Bonchev–Trinajstić information content (AvgIpc) is 3.30. The Labute approximate surface area is 160 Å². The maximum absolute atomic E-state index is 12.9. The van der Waals surface area contributed by atoms with Crippen molar-refractivity contribution in [2.75, 3.05) is 20.1 Å². The predicted octanol–water partition coefficient (Wildman–Crippen LogP) is 3.66. The van der Waals surface area contributed by atoms with Gasteiger partial charge in [-0.3, -0.25) is 0 Å². The quantitative estimate of drug-likeness (QED) is 0.796. The van der Waals surface area contributed by atoms with Crippen molar-refractivity contribution in [2.24, 2.45) is 17.8 Å². The summed E-state index contributed by atoms with van der Waals surface area (Å²) < 4.78 is 6.00. The molecule has 1 N–H and O–H groups in total. The summed E-state index contributed by atoms with van der Waals surface area (Å²) in [5, 5.41) is 13.0. The van der Waals surface area contributed by atoms with Crippen LogP contribution >= 0.6 is 11.3 Å². The van der Waals surface area contributed by atoms with Gasteiger partial charge in [-0.1, -0.05) is 25.3 Å². The standard InChI is InChI=1S/C21H31NO3S/c1-22-12-15-8-4-9-16(13-22)20(15)25-21(24)19(23)18(14-6-2-3-7-14)17-10-5-11-26-17/h5,10-11,14-16,18-20,23H,2-4,6-9,12-13H2,1H3. The Hall–Kier alpha value is -0.910. The number of rotatable bonds is 5. The first-order valence-electron chi connectivity index (χ1n) is 10.2. The molecule has 3 fully saturated rings. The molecule has 3 aliphatic rings. The fourth-order valence-electron chi connectivity index (χ4n) is 5.61. The van der Waals surface area contributed by atoms with Crippen molar-refractivity contribution >= 4 is 17.3 Å². The molecule has 0 aromatic carbocycles. The van der Waals surface area contributed by atoms with E-state index in [0.29, 0.717) is 17.8 Å². The molecule has 4 atom stereocenters. The van der Waals surface area contributed by atoms with E-state index < -0.39 is 6.10 Å². The van der Waals surface area contributed by atoms with E-state index in [1.165, 1.54) is 19.3 Å². The minimum atomic E-state index is -1.03. The van der Waals surface area contributed by atoms with Crippen molar-refractivity contribution in [2.45, 2.75) is 63.1 Å². The minimum absolute atomic E-state index is 0.00494. The summed E-state index contributed by atoms with van der Waals surface area (Å²) in [6.45, 7) is 2.00. The van der Waals surface area contributed by atoms with Gasteiger partial charge in [-0.15, -0.1) is 11.3 Å². The van der Waals surface area contributed by atoms with Crippen LogP contribution < -0.4 is 0 Å². The zero-order valence-electron chi connectivity index (χ0n) is 15.7. The van der Waals surface area contributed by atoms with Crippen molar-refractivity contribution in [3.05, 3.63) is 22.4 Å². The fraction of sp³-hybridized carbons (Fsp3) is 0.762. The summed E-state index contributed by atoms with van der Waals surface area (Å²) in [4.78, 5) is 16.4. The van der Waals surface area contributed by atoms with E-state index in [9.17, 15) is 9.90 Å². The lowest BCUT2D eigenvalue weighted by molar-refractivity contribution is -0.174. The van der Waals surface area contributed by atoms with Gasteiger partial charge in [-0.2, -0.15) is 0 Å². The maximum Gasteiger partial charge on any atom is 0.335 e. The second-order valence-corrected chi connectivity index (χ2v) is 9.58. The number of nitrogens with zero attached hydrogens (tertiary/aromatic N) is 1. The molecule has 5 heteroatoms. The van der Waals surface area contributed by atoms with Crippen molar-refractivity contribution in [1.29, 1.82) is 0 Å². The SMILES string of the molecule is CN1CC2CCCC(C1)C2OC(=O)C(O)C(c1cccs1)C1CCCC1. The van der Waals surface area contributed by atoms with Crippen molar-refractivity contribution < 1.29 is 14.6 Å². The second kappa shape index (κ2) is 7.99. The van der Waals surface area contributed by atoms with Gasteiger partial charge in [-0.25, -0.2) is 4.79 Å². The van der Waals surface area contributed by atoms with Crippen molar-refractivity contribution in [1.82, 2.24) is 4.90 Å². The van der Waals surface area contributed by atoms with E-state index in [2.05, 4.69) is 18.0 Å². The molecule has 1 saturated heterocycles. The van der Waals surface area contributed by atoms with Crippen LogP contribution in [0.15, 0.2) is 17.5 Å². The zero-order valence-corrected chi connectivity index (χ0v) is 16.5. The normalized spacial score (nSPS) is 32.3. The molecule has 4 unspecified atom stereocenters. The number of aliphatic hydroxyl groups excluding tert-OH is 1. The lowest BCUT2D eigenvalue weighted by Gasteiger charge is -2.45. The number of carbonyl (C=O) groups is 1. The third-order valence-electron chi connectivity index (χ3n) is 6.78. The average molecular weight is 378 g/mol. The van der Waals surface area contributed by atoms with Gasteiger partial charge in [0.1, 0.15) is 6.10 Å². The summed E-state index contributed by atoms with van der Waals surface area (Å²) >= 11 is 1.65. The third-order valence-corrected chi connectivity index (χ3v) is 7.76. The van der Waals surface area contributed by atoms with Crippen LogP contribution in [0.3, 0.4) is 0 Å². The summed E-state index contributed by atoms with van der Waals surface area (Å²) in [5.41, 5.74) is 0. The summed E-state index contributed by atoms with van der Waals surface area (Å²) in [6.07, 6.45) is 7.07. The van der Waals surface area contributed by atoms with Crippen LogP contribution in [0.1, 0.15) is 55.7 Å². The Morgan fingerprint density at radius 2 is 1.88 bits per heavy atom. The van der Waals surface area contributed by atoms with E-state index in [1.54, 1.807) is 11.3 Å². The largest absolute Gasteiger partial charge is 0.460 e. The molecule has 1 aromatic rings. The molecule has 26 heavy (non-hydrogen) atoms. The number of aliphatic hydroxyl groups is 1.